The van der Waals surface area contributed by atoms with E-state index in [0.717, 1.165) is 26.1 Å². The molecule has 3 rings (SSSR count). The number of aromatic nitrogens is 2. The molecule has 0 saturated carbocycles. The minimum Gasteiger partial charge on any atom is -0.347 e. The fraction of sp³-hybridized carbons (Fsp3) is 0.235. The summed E-state index contributed by atoms with van der Waals surface area (Å²) in [4.78, 5) is 9.64. The summed E-state index contributed by atoms with van der Waals surface area (Å²) in [5.74, 6) is 0. The van der Waals surface area contributed by atoms with Crippen molar-refractivity contribution in [2.24, 2.45) is 0 Å². The molecule has 1 aromatic heterocycles. The molecule has 0 fully saturated rings. The van der Waals surface area contributed by atoms with Crippen LogP contribution in [0.3, 0.4) is 0 Å². The first-order chi connectivity index (χ1) is 9.90. The second-order valence-electron chi connectivity index (χ2n) is 5.09. The maximum Gasteiger partial charge on any atom is 0.0922 e. The first-order valence-electron chi connectivity index (χ1n) is 7.02. The average Bonchev–Trinajstić information content (AvgIpc) is 3.01. The molecule has 0 bridgehead atoms. The molecule has 3 heteroatoms. The van der Waals surface area contributed by atoms with E-state index in [1.807, 2.05) is 12.3 Å². The first kappa shape index (κ1) is 12.9. The lowest BCUT2D eigenvalue weighted by Crippen LogP contribution is -2.28. The Labute approximate surface area is 119 Å². The fourth-order valence-corrected chi connectivity index (χ4v) is 2.40. The Morgan fingerprint density at radius 2 is 2.10 bits per heavy atom. The van der Waals surface area contributed by atoms with E-state index in [0.29, 0.717) is 0 Å². The van der Waals surface area contributed by atoms with Crippen LogP contribution < -0.4 is 0 Å². The Hall–Kier alpha value is -2.13. The molecule has 0 aliphatic carbocycles. The maximum absolute atomic E-state index is 4.06. The van der Waals surface area contributed by atoms with Gasteiger partial charge in [-0.3, -0.25) is 4.90 Å². The van der Waals surface area contributed by atoms with Crippen LogP contribution in [-0.2, 0) is 6.54 Å². The summed E-state index contributed by atoms with van der Waals surface area (Å²) in [7, 11) is 0. The molecule has 1 N–H and O–H groups in total. The van der Waals surface area contributed by atoms with Gasteiger partial charge in [0, 0.05) is 31.5 Å². The van der Waals surface area contributed by atoms with Crippen LogP contribution >= 0.6 is 0 Å². The van der Waals surface area contributed by atoms with Gasteiger partial charge in [-0.15, -0.1) is 0 Å². The van der Waals surface area contributed by atoms with Crippen LogP contribution in [0.1, 0.15) is 17.7 Å². The Kier molecular flexibility index (Phi) is 4.09. The lowest BCUT2D eigenvalue weighted by Gasteiger charge is -2.24. The summed E-state index contributed by atoms with van der Waals surface area (Å²) in [6, 6.07) is 10.4. The predicted molar refractivity (Wildman–Crippen MR) is 82.0 cm³/mol. The Balaban J connectivity index is 1.56. The standard InChI is InChI=1S/C17H19N3/c1-2-4-15(5-3-1)6-7-16-8-10-20(11-9-16)13-17-12-18-14-19-17/h1-8,12,14H,9-11,13H2,(H,18,19)/b7-6+. The van der Waals surface area contributed by atoms with Crippen molar-refractivity contribution in [3.63, 3.8) is 0 Å². The molecule has 1 aliphatic heterocycles. The van der Waals surface area contributed by atoms with E-state index >= 15 is 0 Å². The monoisotopic (exact) mass is 265 g/mol. The van der Waals surface area contributed by atoms with E-state index in [1.165, 1.54) is 16.8 Å². The molecule has 0 unspecified atom stereocenters. The van der Waals surface area contributed by atoms with Gasteiger partial charge < -0.3 is 4.98 Å². The zero-order chi connectivity index (χ0) is 13.6. The lowest BCUT2D eigenvalue weighted by atomic mass is 10.1. The fourth-order valence-electron chi connectivity index (χ4n) is 2.40. The Morgan fingerprint density at radius 3 is 2.80 bits per heavy atom. The lowest BCUT2D eigenvalue weighted by molar-refractivity contribution is 0.284. The normalized spacial score (nSPS) is 16.5. The van der Waals surface area contributed by atoms with Crippen molar-refractivity contribution in [2.45, 2.75) is 13.0 Å². The molecule has 2 heterocycles. The number of rotatable bonds is 4. The first-order valence-corrected chi connectivity index (χ1v) is 7.02. The molecule has 0 radical (unpaired) electrons. The van der Waals surface area contributed by atoms with E-state index in [2.05, 4.69) is 57.4 Å². The van der Waals surface area contributed by atoms with Gasteiger partial charge in [0.25, 0.3) is 0 Å². The number of hydrogen-bond acceptors (Lipinski definition) is 2. The van der Waals surface area contributed by atoms with Crippen LogP contribution in [0, 0.1) is 0 Å². The van der Waals surface area contributed by atoms with Crippen molar-refractivity contribution in [2.75, 3.05) is 13.1 Å². The number of imidazole rings is 1. The maximum atomic E-state index is 4.06. The van der Waals surface area contributed by atoms with Gasteiger partial charge >= 0.3 is 0 Å². The van der Waals surface area contributed by atoms with Crippen LogP contribution in [0.4, 0.5) is 0 Å². The minimum absolute atomic E-state index is 0.951. The zero-order valence-corrected chi connectivity index (χ0v) is 11.5. The molecule has 20 heavy (non-hydrogen) atoms. The highest BCUT2D eigenvalue weighted by Crippen LogP contribution is 2.15. The number of H-pyrrole nitrogens is 1. The van der Waals surface area contributed by atoms with Gasteiger partial charge in [-0.25, -0.2) is 4.98 Å². The van der Waals surface area contributed by atoms with Crippen LogP contribution in [0.25, 0.3) is 6.08 Å². The highest BCUT2D eigenvalue weighted by atomic mass is 15.1. The second kappa shape index (κ2) is 6.35. The van der Waals surface area contributed by atoms with Gasteiger partial charge in [-0.05, 0) is 17.6 Å². The van der Waals surface area contributed by atoms with Crippen LogP contribution in [0.15, 0.2) is 60.6 Å². The van der Waals surface area contributed by atoms with E-state index in [1.54, 1.807) is 6.33 Å². The molecule has 0 spiro atoms. The molecule has 0 atom stereocenters. The molecule has 3 nitrogen and oxygen atoms in total. The summed E-state index contributed by atoms with van der Waals surface area (Å²) in [6.07, 6.45) is 11.5. The molecule has 0 amide bonds. The van der Waals surface area contributed by atoms with Crippen molar-refractivity contribution in [3.05, 3.63) is 71.8 Å². The SMILES string of the molecule is C1=C(/C=C/c2ccccc2)CCN(Cc2cnc[nH]2)C1. The number of aromatic amines is 1. The van der Waals surface area contributed by atoms with Crippen LogP contribution in [0.2, 0.25) is 0 Å². The third kappa shape index (κ3) is 3.45. The highest BCUT2D eigenvalue weighted by molar-refractivity contribution is 5.52. The van der Waals surface area contributed by atoms with Crippen molar-refractivity contribution < 1.29 is 0 Å². The molecular formula is C17H19N3. The molecular weight excluding hydrogens is 246 g/mol. The van der Waals surface area contributed by atoms with Gasteiger partial charge in [-0.2, -0.15) is 0 Å². The zero-order valence-electron chi connectivity index (χ0n) is 11.5. The van der Waals surface area contributed by atoms with E-state index < -0.39 is 0 Å². The molecule has 0 saturated heterocycles. The van der Waals surface area contributed by atoms with Crippen molar-refractivity contribution >= 4 is 6.08 Å². The quantitative estimate of drug-likeness (QED) is 0.920. The van der Waals surface area contributed by atoms with E-state index in [-0.39, 0.29) is 0 Å². The van der Waals surface area contributed by atoms with Gasteiger partial charge in [0.1, 0.15) is 0 Å². The van der Waals surface area contributed by atoms with E-state index in [4.69, 9.17) is 0 Å². The molecule has 102 valence electrons. The van der Waals surface area contributed by atoms with Crippen molar-refractivity contribution in [1.82, 2.24) is 14.9 Å². The van der Waals surface area contributed by atoms with Gasteiger partial charge in [-0.1, -0.05) is 48.6 Å². The summed E-state index contributed by atoms with van der Waals surface area (Å²) in [5.41, 5.74) is 3.87. The van der Waals surface area contributed by atoms with Crippen LogP contribution in [-0.4, -0.2) is 28.0 Å². The summed E-state index contributed by atoms with van der Waals surface area (Å²) < 4.78 is 0. The van der Waals surface area contributed by atoms with E-state index in [9.17, 15) is 0 Å². The highest BCUT2D eigenvalue weighted by Gasteiger charge is 2.10. The number of nitrogens with one attached hydrogen (secondary N) is 1. The predicted octanol–water partition coefficient (Wildman–Crippen LogP) is 3.26. The topological polar surface area (TPSA) is 31.9 Å². The van der Waals surface area contributed by atoms with Gasteiger partial charge in [0.2, 0.25) is 0 Å². The summed E-state index contributed by atoms with van der Waals surface area (Å²) in [6.45, 7) is 3.06. The minimum atomic E-state index is 0.951. The largest absolute Gasteiger partial charge is 0.347 e. The third-order valence-corrected chi connectivity index (χ3v) is 3.57. The van der Waals surface area contributed by atoms with Crippen LogP contribution in [0.5, 0.6) is 0 Å². The Bertz CT molecular complexity index is 582. The molecule has 1 aromatic carbocycles. The summed E-state index contributed by atoms with van der Waals surface area (Å²) >= 11 is 0. The van der Waals surface area contributed by atoms with Crippen molar-refractivity contribution in [3.8, 4) is 0 Å². The van der Waals surface area contributed by atoms with Crippen molar-refractivity contribution in [1.29, 1.82) is 0 Å². The number of nitrogens with zero attached hydrogens (tertiary/aromatic N) is 2. The molecule has 1 aliphatic rings. The Morgan fingerprint density at radius 1 is 1.20 bits per heavy atom. The van der Waals surface area contributed by atoms with Gasteiger partial charge in [0.05, 0.1) is 6.33 Å². The number of benzene rings is 1. The second-order valence-corrected chi connectivity index (χ2v) is 5.09. The van der Waals surface area contributed by atoms with Gasteiger partial charge in [0.15, 0.2) is 0 Å². The molecule has 2 aromatic rings. The average molecular weight is 265 g/mol. The number of allylic oxidation sites excluding steroid dienone is 1. The number of hydrogen-bond donors (Lipinski definition) is 1. The summed E-state index contributed by atoms with van der Waals surface area (Å²) in [5, 5.41) is 0. The smallest absolute Gasteiger partial charge is 0.0922 e. The third-order valence-electron chi connectivity index (χ3n) is 3.57.